The van der Waals surface area contributed by atoms with Crippen molar-refractivity contribution < 1.29 is 14.9 Å². The van der Waals surface area contributed by atoms with Gasteiger partial charge in [-0.25, -0.2) is 10.2 Å². The second kappa shape index (κ2) is 3.96. The molecular weight excluding hydrogens is 220 g/mol. The SMILES string of the molecule is [O-][NH+](O)c1ccc(-c2nc3c(o2)CCC3)cc1. The molecule has 0 fully saturated rings. The van der Waals surface area contributed by atoms with Crippen LogP contribution in [0.2, 0.25) is 0 Å². The summed E-state index contributed by atoms with van der Waals surface area (Å²) in [5.41, 5.74) is 2.14. The van der Waals surface area contributed by atoms with Gasteiger partial charge in [-0.3, -0.25) is 0 Å². The maximum absolute atomic E-state index is 10.7. The summed E-state index contributed by atoms with van der Waals surface area (Å²) < 4.78 is 5.65. The highest BCUT2D eigenvalue weighted by molar-refractivity contribution is 5.56. The summed E-state index contributed by atoms with van der Waals surface area (Å²) in [6, 6.07) is 6.58. The molecule has 1 aliphatic rings. The Labute approximate surface area is 97.8 Å². The Hall–Kier alpha value is -1.69. The monoisotopic (exact) mass is 232 g/mol. The Morgan fingerprint density at radius 3 is 2.65 bits per heavy atom. The van der Waals surface area contributed by atoms with E-state index in [9.17, 15) is 5.21 Å². The number of quaternary nitrogens is 1. The molecule has 2 aromatic rings. The highest BCUT2D eigenvalue weighted by Gasteiger charge is 2.19. The molecule has 0 saturated heterocycles. The molecule has 0 spiro atoms. The molecule has 1 aromatic heterocycles. The van der Waals surface area contributed by atoms with E-state index in [4.69, 9.17) is 9.62 Å². The number of nitrogens with zero attached hydrogens (tertiary/aromatic N) is 1. The van der Waals surface area contributed by atoms with E-state index in [-0.39, 0.29) is 5.69 Å². The second-order valence-electron chi connectivity index (χ2n) is 4.12. The van der Waals surface area contributed by atoms with Crippen LogP contribution in [-0.4, -0.2) is 10.2 Å². The van der Waals surface area contributed by atoms with Gasteiger partial charge in [-0.15, -0.1) is 0 Å². The van der Waals surface area contributed by atoms with Gasteiger partial charge >= 0.3 is 0 Å². The summed E-state index contributed by atoms with van der Waals surface area (Å²) in [6.45, 7) is 0. The van der Waals surface area contributed by atoms with Crippen molar-refractivity contribution in [1.82, 2.24) is 4.98 Å². The summed E-state index contributed by atoms with van der Waals surface area (Å²) in [7, 11) is 0. The van der Waals surface area contributed by atoms with Gasteiger partial charge in [0.25, 0.3) is 0 Å². The fourth-order valence-electron chi connectivity index (χ4n) is 2.07. The minimum absolute atomic E-state index is 0.271. The lowest BCUT2D eigenvalue weighted by atomic mass is 10.2. The van der Waals surface area contributed by atoms with E-state index in [0.717, 1.165) is 36.3 Å². The maximum Gasteiger partial charge on any atom is 0.226 e. The Morgan fingerprint density at radius 2 is 2.00 bits per heavy atom. The number of benzene rings is 1. The highest BCUT2D eigenvalue weighted by atomic mass is 16.8. The molecule has 88 valence electrons. The number of oxazole rings is 1. The first-order chi connectivity index (χ1) is 8.24. The van der Waals surface area contributed by atoms with Crippen LogP contribution in [0.15, 0.2) is 28.7 Å². The van der Waals surface area contributed by atoms with Crippen LogP contribution in [0.5, 0.6) is 0 Å². The fourth-order valence-corrected chi connectivity index (χ4v) is 2.07. The number of hydrogen-bond acceptors (Lipinski definition) is 4. The van der Waals surface area contributed by atoms with Crippen LogP contribution in [0.3, 0.4) is 0 Å². The summed E-state index contributed by atoms with van der Waals surface area (Å²) in [5, 5.41) is 18.6. The van der Waals surface area contributed by atoms with E-state index in [1.165, 1.54) is 0 Å². The van der Waals surface area contributed by atoms with Crippen molar-refractivity contribution in [2.75, 3.05) is 0 Å². The van der Waals surface area contributed by atoms with Gasteiger partial charge in [-0.2, -0.15) is 5.23 Å². The first-order valence-electron chi connectivity index (χ1n) is 5.56. The summed E-state index contributed by atoms with van der Waals surface area (Å²) in [4.78, 5) is 4.42. The van der Waals surface area contributed by atoms with Crippen molar-refractivity contribution in [1.29, 1.82) is 0 Å². The van der Waals surface area contributed by atoms with Gasteiger partial charge in [0, 0.05) is 24.1 Å². The zero-order chi connectivity index (χ0) is 11.8. The van der Waals surface area contributed by atoms with Gasteiger partial charge in [0.1, 0.15) is 5.76 Å². The smallest absolute Gasteiger partial charge is 0.226 e. The third-order valence-electron chi connectivity index (χ3n) is 2.97. The Balaban J connectivity index is 1.92. The molecule has 1 unspecified atom stereocenters. The van der Waals surface area contributed by atoms with Crippen molar-refractivity contribution in [2.24, 2.45) is 0 Å². The van der Waals surface area contributed by atoms with Crippen LogP contribution in [0.4, 0.5) is 5.69 Å². The topological polar surface area (TPSA) is 73.8 Å². The molecule has 2 N–H and O–H groups in total. The number of nitrogens with one attached hydrogen (secondary N) is 1. The molecule has 1 aliphatic carbocycles. The molecule has 3 rings (SSSR count). The lowest BCUT2D eigenvalue weighted by Crippen LogP contribution is -2.99. The third kappa shape index (κ3) is 1.84. The van der Waals surface area contributed by atoms with E-state index in [0.29, 0.717) is 5.89 Å². The summed E-state index contributed by atoms with van der Waals surface area (Å²) in [6.07, 6.45) is 3.04. The van der Waals surface area contributed by atoms with Crippen LogP contribution in [0.25, 0.3) is 11.5 Å². The quantitative estimate of drug-likeness (QED) is 0.764. The number of hydrogen-bond donors (Lipinski definition) is 2. The first-order valence-corrected chi connectivity index (χ1v) is 5.56. The first kappa shape index (κ1) is 10.5. The standard InChI is InChI=1S/C12H12N2O3/c15-14(16)9-6-4-8(5-7-9)12-13-10-2-1-3-11(10)17-12/h4-7,14-15H,1-3H2. The zero-order valence-electron chi connectivity index (χ0n) is 9.14. The van der Waals surface area contributed by atoms with Crippen LogP contribution in [-0.2, 0) is 12.8 Å². The molecule has 1 atom stereocenters. The molecule has 17 heavy (non-hydrogen) atoms. The number of aryl methyl sites for hydroxylation is 2. The van der Waals surface area contributed by atoms with Crippen molar-refractivity contribution in [3.8, 4) is 11.5 Å². The van der Waals surface area contributed by atoms with Crippen LogP contribution < -0.4 is 5.23 Å². The van der Waals surface area contributed by atoms with Gasteiger partial charge in [0.05, 0.1) is 5.69 Å². The number of rotatable bonds is 2. The van der Waals surface area contributed by atoms with Gasteiger partial charge in [0.15, 0.2) is 5.69 Å². The predicted octanol–water partition coefficient (Wildman–Crippen LogP) is 1.23. The maximum atomic E-state index is 10.7. The molecule has 0 radical (unpaired) electrons. The van der Waals surface area contributed by atoms with Gasteiger partial charge < -0.3 is 9.62 Å². The molecular formula is C12H12N2O3. The molecule has 0 bridgehead atoms. The van der Waals surface area contributed by atoms with E-state index >= 15 is 0 Å². The molecule has 0 saturated carbocycles. The summed E-state index contributed by atoms with van der Waals surface area (Å²) >= 11 is 0. The van der Waals surface area contributed by atoms with Crippen molar-refractivity contribution >= 4 is 5.69 Å². The molecule has 0 aliphatic heterocycles. The lowest BCUT2D eigenvalue weighted by Gasteiger charge is -2.10. The number of fused-ring (bicyclic) bond motifs is 1. The van der Waals surface area contributed by atoms with Crippen molar-refractivity contribution in [2.45, 2.75) is 19.3 Å². The lowest BCUT2D eigenvalue weighted by molar-refractivity contribution is -0.991. The Bertz CT molecular complexity index is 510. The molecule has 1 aromatic carbocycles. The largest absolute Gasteiger partial charge is 0.595 e. The average molecular weight is 232 g/mol. The average Bonchev–Trinajstić information content (AvgIpc) is 2.89. The minimum atomic E-state index is -0.925. The van der Waals surface area contributed by atoms with Crippen molar-refractivity contribution in [3.63, 3.8) is 0 Å². The van der Waals surface area contributed by atoms with E-state index in [2.05, 4.69) is 4.98 Å². The van der Waals surface area contributed by atoms with Crippen LogP contribution in [0, 0.1) is 5.21 Å². The Kier molecular flexibility index (Phi) is 2.44. The van der Waals surface area contributed by atoms with Crippen molar-refractivity contribution in [3.05, 3.63) is 40.9 Å². The number of aromatic nitrogens is 1. The second-order valence-corrected chi connectivity index (χ2v) is 4.12. The molecule has 5 nitrogen and oxygen atoms in total. The van der Waals surface area contributed by atoms with Gasteiger partial charge in [-0.05, 0) is 25.0 Å². The Morgan fingerprint density at radius 1 is 1.24 bits per heavy atom. The molecule has 5 heteroatoms. The van der Waals surface area contributed by atoms with E-state index in [1.807, 2.05) is 0 Å². The summed E-state index contributed by atoms with van der Waals surface area (Å²) in [5.74, 6) is 1.56. The zero-order valence-corrected chi connectivity index (χ0v) is 9.14. The van der Waals surface area contributed by atoms with E-state index in [1.54, 1.807) is 24.3 Å². The predicted molar refractivity (Wildman–Crippen MR) is 59.7 cm³/mol. The minimum Gasteiger partial charge on any atom is -0.595 e. The normalized spacial score (nSPS) is 15.9. The van der Waals surface area contributed by atoms with Gasteiger partial charge in [0.2, 0.25) is 5.89 Å². The van der Waals surface area contributed by atoms with Gasteiger partial charge in [-0.1, -0.05) is 0 Å². The third-order valence-corrected chi connectivity index (χ3v) is 2.97. The molecule has 1 heterocycles. The van der Waals surface area contributed by atoms with E-state index < -0.39 is 5.23 Å². The molecule has 0 amide bonds. The van der Waals surface area contributed by atoms with Crippen LogP contribution >= 0.6 is 0 Å². The fraction of sp³-hybridized carbons (Fsp3) is 0.250. The highest BCUT2D eigenvalue weighted by Crippen LogP contribution is 2.28. The van der Waals surface area contributed by atoms with Crippen LogP contribution in [0.1, 0.15) is 17.9 Å².